The molecule has 3 fully saturated rings. The zero-order valence-corrected chi connectivity index (χ0v) is 29.3. The number of methoxy groups -OCH3 is 1. The van der Waals surface area contributed by atoms with E-state index >= 15 is 0 Å². The van der Waals surface area contributed by atoms with Gasteiger partial charge in [-0.2, -0.15) is 0 Å². The van der Waals surface area contributed by atoms with Crippen LogP contribution in [0.2, 0.25) is 0 Å². The van der Waals surface area contributed by atoms with Gasteiger partial charge in [0.15, 0.2) is 15.3 Å². The molecule has 1 aromatic heterocycles. The van der Waals surface area contributed by atoms with Crippen LogP contribution in [0.5, 0.6) is 11.5 Å². The fraction of sp³-hybridized carbons (Fsp3) is 0.225. The molecule has 4 aromatic carbocycles. The Hall–Kier alpha value is -5.52. The minimum atomic E-state index is -2.23. The van der Waals surface area contributed by atoms with E-state index in [1.165, 1.54) is 25.3 Å². The molecule has 6 atom stereocenters. The van der Waals surface area contributed by atoms with E-state index in [1.807, 2.05) is 24.3 Å². The lowest BCUT2D eigenvalue weighted by Gasteiger charge is -2.50. The molecule has 2 saturated heterocycles. The lowest BCUT2D eigenvalue weighted by molar-refractivity contribution is -0.125. The van der Waals surface area contributed by atoms with E-state index < -0.39 is 62.9 Å². The van der Waals surface area contributed by atoms with Gasteiger partial charge in [-0.1, -0.05) is 29.8 Å². The second-order valence-corrected chi connectivity index (χ2v) is 14.9. The Bertz CT molecular complexity index is 2400. The van der Waals surface area contributed by atoms with Crippen LogP contribution < -0.4 is 14.5 Å². The number of fused-ring (bicyclic) bond motifs is 5. The molecule has 5 aromatic rings. The van der Waals surface area contributed by atoms with E-state index in [0.717, 1.165) is 21.9 Å². The highest BCUT2D eigenvalue weighted by Gasteiger charge is 2.77. The summed E-state index contributed by atoms with van der Waals surface area (Å²) in [6.45, 7) is 0. The highest BCUT2D eigenvalue weighted by Crippen LogP contribution is 2.67. The minimum Gasteiger partial charge on any atom is -0.508 e. The zero-order valence-electron chi connectivity index (χ0n) is 27.8. The molecule has 10 nitrogen and oxygen atoms in total. The third-order valence-electron chi connectivity index (χ3n) is 11.1. The Labute approximate surface area is 311 Å². The zero-order chi connectivity index (χ0) is 37.0. The van der Waals surface area contributed by atoms with Crippen molar-refractivity contribution in [2.75, 3.05) is 16.9 Å². The highest BCUT2D eigenvalue weighted by molar-refractivity contribution is 6.58. The Balaban J connectivity index is 1.14. The average molecular weight is 753 g/mol. The number of imide groups is 2. The van der Waals surface area contributed by atoms with Gasteiger partial charge in [0, 0.05) is 17.0 Å². The van der Waals surface area contributed by atoms with E-state index in [9.17, 15) is 28.7 Å². The van der Waals surface area contributed by atoms with Crippen LogP contribution >= 0.6 is 23.2 Å². The standard InChI is InChI=1S/C40H28Cl2FN3O7/c1-52-30-8-4-6-28(47)32(30)33-24-17-18-25-31(26(24)19-39(41)37(50)46(38(51)40(33,39)42)23-15-11-21(43)12-16-23)36(49)45(35(25)48)22-13-9-20(10-14-22)34-44-27-5-2-3-7-29(27)53-34/h2-17,25-26,31,33,47H,18-19H2,1H3/t25-,26+,31-,33+,39+,40-/m0/s1. The monoisotopic (exact) mass is 751 g/mol. The van der Waals surface area contributed by atoms with Gasteiger partial charge in [-0.15, -0.1) is 23.2 Å². The summed E-state index contributed by atoms with van der Waals surface area (Å²) in [5.41, 5.74) is 2.94. The number of oxazole rings is 1. The topological polar surface area (TPSA) is 130 Å². The molecule has 9 rings (SSSR count). The molecule has 2 aliphatic heterocycles. The number of amides is 4. The molecule has 0 spiro atoms. The summed E-state index contributed by atoms with van der Waals surface area (Å²) in [7, 11) is 1.39. The van der Waals surface area contributed by atoms with Crippen LogP contribution in [0, 0.1) is 23.6 Å². The lowest BCUT2D eigenvalue weighted by Crippen LogP contribution is -2.60. The quantitative estimate of drug-likeness (QED) is 0.114. The van der Waals surface area contributed by atoms with E-state index in [2.05, 4.69) is 4.98 Å². The van der Waals surface area contributed by atoms with Gasteiger partial charge < -0.3 is 14.3 Å². The summed E-state index contributed by atoms with van der Waals surface area (Å²) in [4.78, 5) is 59.9. The van der Waals surface area contributed by atoms with Gasteiger partial charge >= 0.3 is 0 Å². The number of alkyl halides is 2. The van der Waals surface area contributed by atoms with E-state index in [0.29, 0.717) is 33.8 Å². The molecule has 0 radical (unpaired) electrons. The summed E-state index contributed by atoms with van der Waals surface area (Å²) in [5.74, 6) is -6.86. The molecule has 4 aliphatic rings. The third-order valence-corrected chi connectivity index (χ3v) is 12.5. The smallest absolute Gasteiger partial charge is 0.258 e. The molecule has 0 unspecified atom stereocenters. The molecular weight excluding hydrogens is 724 g/mol. The molecular formula is C40H28Cl2FN3O7. The largest absolute Gasteiger partial charge is 0.508 e. The van der Waals surface area contributed by atoms with Crippen LogP contribution in [0.4, 0.5) is 15.8 Å². The SMILES string of the molecule is COc1cccc(O)c1[C@H]1C2=CC[C@@H]3C(=O)N(c4ccc(-c5nc6ccccc6o5)cc4)C(=O)[C@@H]3[C@@H]2C[C@@]2(Cl)C(=O)N(c3ccc(F)cc3)C(=O)[C@@]12Cl. The number of aromatic hydroxyl groups is 1. The summed E-state index contributed by atoms with van der Waals surface area (Å²) in [6.07, 6.45) is 1.62. The van der Waals surface area contributed by atoms with Crippen molar-refractivity contribution in [2.24, 2.45) is 17.8 Å². The van der Waals surface area contributed by atoms with Crippen LogP contribution in [0.3, 0.4) is 0 Å². The number of hydrogen-bond acceptors (Lipinski definition) is 8. The van der Waals surface area contributed by atoms with Crippen molar-refractivity contribution in [1.82, 2.24) is 4.98 Å². The molecule has 13 heteroatoms. The van der Waals surface area contributed by atoms with Crippen LogP contribution in [-0.4, -0.2) is 50.6 Å². The fourth-order valence-electron chi connectivity index (χ4n) is 8.72. The Kier molecular flexibility index (Phi) is 7.38. The molecule has 1 N–H and O–H groups in total. The first kappa shape index (κ1) is 33.3. The van der Waals surface area contributed by atoms with Crippen LogP contribution in [0.15, 0.2) is 107 Å². The predicted octanol–water partition coefficient (Wildman–Crippen LogP) is 7.12. The highest BCUT2D eigenvalue weighted by atomic mass is 35.5. The van der Waals surface area contributed by atoms with Crippen molar-refractivity contribution in [3.8, 4) is 23.0 Å². The maximum Gasteiger partial charge on any atom is 0.258 e. The Morgan fingerprint density at radius 2 is 1.55 bits per heavy atom. The fourth-order valence-corrected chi connectivity index (χ4v) is 9.64. The first-order valence-electron chi connectivity index (χ1n) is 16.9. The maximum absolute atomic E-state index is 14.6. The van der Waals surface area contributed by atoms with Gasteiger partial charge in [0.25, 0.3) is 11.8 Å². The van der Waals surface area contributed by atoms with Crippen molar-refractivity contribution in [1.29, 1.82) is 0 Å². The van der Waals surface area contributed by atoms with Crippen molar-refractivity contribution >= 4 is 69.3 Å². The number of phenols is 1. The average Bonchev–Trinajstić information content (AvgIpc) is 3.75. The number of halogens is 3. The van der Waals surface area contributed by atoms with Gasteiger partial charge in [0.05, 0.1) is 30.3 Å². The third kappa shape index (κ3) is 4.53. The molecule has 1 saturated carbocycles. The number of para-hydroxylation sites is 2. The number of benzene rings is 4. The Morgan fingerprint density at radius 3 is 2.26 bits per heavy atom. The number of ether oxygens (including phenoxy) is 1. The van der Waals surface area contributed by atoms with Crippen molar-refractivity contribution in [2.45, 2.75) is 28.5 Å². The Morgan fingerprint density at radius 1 is 0.849 bits per heavy atom. The first-order chi connectivity index (χ1) is 25.5. The second-order valence-electron chi connectivity index (χ2n) is 13.7. The molecule has 3 heterocycles. The van der Waals surface area contributed by atoms with E-state index in [4.69, 9.17) is 32.4 Å². The molecule has 53 heavy (non-hydrogen) atoms. The molecule has 4 amide bonds. The van der Waals surface area contributed by atoms with Crippen LogP contribution in [0.25, 0.3) is 22.6 Å². The number of carbonyl (C=O) groups excluding carboxylic acids is 4. The minimum absolute atomic E-state index is 0.0493. The number of carbonyl (C=O) groups is 4. The predicted molar refractivity (Wildman–Crippen MR) is 193 cm³/mol. The van der Waals surface area contributed by atoms with Gasteiger partial charge in [-0.3, -0.25) is 24.1 Å². The molecule has 266 valence electrons. The summed E-state index contributed by atoms with van der Waals surface area (Å²) in [5, 5.41) is 11.4. The van der Waals surface area contributed by atoms with Crippen LogP contribution in [-0.2, 0) is 19.2 Å². The van der Waals surface area contributed by atoms with Gasteiger partial charge in [0.2, 0.25) is 17.7 Å². The summed E-state index contributed by atoms with van der Waals surface area (Å²) >= 11 is 14.9. The van der Waals surface area contributed by atoms with Crippen molar-refractivity contribution in [3.63, 3.8) is 0 Å². The van der Waals surface area contributed by atoms with Gasteiger partial charge in [-0.05, 0) is 91.6 Å². The number of aromatic nitrogens is 1. The lowest BCUT2D eigenvalue weighted by atomic mass is 9.56. The van der Waals surface area contributed by atoms with E-state index in [-0.39, 0.29) is 35.6 Å². The van der Waals surface area contributed by atoms with Gasteiger partial charge in [-0.25, -0.2) is 14.3 Å². The summed E-state index contributed by atoms with van der Waals surface area (Å²) < 4.78 is 25.5. The normalized spacial score (nSPS) is 27.9. The first-order valence-corrected chi connectivity index (χ1v) is 17.7. The second kappa shape index (κ2) is 11.7. The molecule has 2 aliphatic carbocycles. The number of phenolic OH excluding ortho intramolecular Hbond substituents is 1. The number of allylic oxidation sites excluding steroid dienone is 2. The number of hydrogen-bond donors (Lipinski definition) is 1. The number of anilines is 2. The molecule has 0 bridgehead atoms. The van der Waals surface area contributed by atoms with E-state index in [1.54, 1.807) is 42.5 Å². The number of rotatable bonds is 5. The van der Waals surface area contributed by atoms with Crippen molar-refractivity contribution in [3.05, 3.63) is 114 Å². The van der Waals surface area contributed by atoms with Crippen molar-refractivity contribution < 1.29 is 37.8 Å². The van der Waals surface area contributed by atoms with Crippen LogP contribution in [0.1, 0.15) is 24.3 Å². The number of nitrogens with zero attached hydrogens (tertiary/aromatic N) is 3. The summed E-state index contributed by atoms with van der Waals surface area (Å²) in [6, 6.07) is 23.4. The maximum atomic E-state index is 14.6. The van der Waals surface area contributed by atoms with Gasteiger partial charge in [0.1, 0.15) is 22.8 Å².